The predicted octanol–water partition coefficient (Wildman–Crippen LogP) is 3.02. The Labute approximate surface area is 106 Å². The molecule has 1 aromatic heterocycles. The lowest BCUT2D eigenvalue weighted by molar-refractivity contribution is 0.586. The minimum atomic E-state index is -0.320. The maximum Gasteiger partial charge on any atom is 0.141 e. The molecule has 1 heterocycles. The predicted molar refractivity (Wildman–Crippen MR) is 68.4 cm³/mol. The van der Waals surface area contributed by atoms with Crippen LogP contribution < -0.4 is 5.73 Å². The number of nitrogens with zero attached hydrogens (tertiary/aromatic N) is 1. The van der Waals surface area contributed by atoms with Crippen molar-refractivity contribution in [2.45, 2.75) is 18.4 Å². The summed E-state index contributed by atoms with van der Waals surface area (Å²) in [6.07, 6.45) is 3.94. The summed E-state index contributed by atoms with van der Waals surface area (Å²) in [5, 5.41) is 0. The first kappa shape index (κ1) is 11.4. The molecule has 3 rings (SSSR count). The molecule has 1 aliphatic carbocycles. The zero-order chi connectivity index (χ0) is 12.5. The molecule has 0 bridgehead atoms. The highest BCUT2D eigenvalue weighted by Gasteiger charge is 2.42. The fourth-order valence-electron chi connectivity index (χ4n) is 2.55. The average molecular weight is 242 g/mol. The third-order valence-corrected chi connectivity index (χ3v) is 3.64. The van der Waals surface area contributed by atoms with Crippen molar-refractivity contribution >= 4 is 0 Å². The summed E-state index contributed by atoms with van der Waals surface area (Å²) < 4.78 is 13.1. The zero-order valence-electron chi connectivity index (χ0n) is 9.96. The molecule has 3 unspecified atom stereocenters. The second-order valence-electron chi connectivity index (χ2n) is 4.88. The monoisotopic (exact) mass is 242 g/mol. The van der Waals surface area contributed by atoms with Gasteiger partial charge >= 0.3 is 0 Å². The van der Waals surface area contributed by atoms with E-state index in [1.54, 1.807) is 6.20 Å². The fraction of sp³-hybridized carbons (Fsp3) is 0.267. The van der Waals surface area contributed by atoms with Gasteiger partial charge in [-0.2, -0.15) is 0 Å². The molecule has 0 radical (unpaired) electrons. The SMILES string of the molecule is NC(c1cncc(F)c1)C1CC1c1ccccc1. The molecule has 2 N–H and O–H groups in total. The van der Waals surface area contributed by atoms with Gasteiger partial charge in [0.1, 0.15) is 5.82 Å². The van der Waals surface area contributed by atoms with Crippen molar-refractivity contribution in [3.63, 3.8) is 0 Å². The van der Waals surface area contributed by atoms with Crippen molar-refractivity contribution in [3.05, 3.63) is 65.7 Å². The van der Waals surface area contributed by atoms with Crippen LogP contribution in [0.1, 0.15) is 29.5 Å². The van der Waals surface area contributed by atoms with Crippen LogP contribution in [0, 0.1) is 11.7 Å². The van der Waals surface area contributed by atoms with Gasteiger partial charge in [0.15, 0.2) is 0 Å². The van der Waals surface area contributed by atoms with Crippen LogP contribution in [-0.4, -0.2) is 4.98 Å². The van der Waals surface area contributed by atoms with Gasteiger partial charge in [-0.25, -0.2) is 4.39 Å². The maximum atomic E-state index is 13.1. The van der Waals surface area contributed by atoms with E-state index in [0.29, 0.717) is 11.8 Å². The Balaban J connectivity index is 1.75. The van der Waals surface area contributed by atoms with Crippen molar-refractivity contribution in [1.29, 1.82) is 0 Å². The van der Waals surface area contributed by atoms with Crippen molar-refractivity contribution < 1.29 is 4.39 Å². The number of aromatic nitrogens is 1. The van der Waals surface area contributed by atoms with Crippen molar-refractivity contribution in [2.75, 3.05) is 0 Å². The third-order valence-electron chi connectivity index (χ3n) is 3.64. The van der Waals surface area contributed by atoms with Gasteiger partial charge in [-0.3, -0.25) is 4.98 Å². The van der Waals surface area contributed by atoms with Gasteiger partial charge in [0.05, 0.1) is 6.20 Å². The molecule has 2 aromatic rings. The van der Waals surface area contributed by atoms with Crippen molar-refractivity contribution in [2.24, 2.45) is 11.7 Å². The lowest BCUT2D eigenvalue weighted by Crippen LogP contribution is -2.14. The smallest absolute Gasteiger partial charge is 0.141 e. The molecular weight excluding hydrogens is 227 g/mol. The van der Waals surface area contributed by atoms with E-state index < -0.39 is 0 Å². The lowest BCUT2D eigenvalue weighted by Gasteiger charge is -2.11. The van der Waals surface area contributed by atoms with Crippen LogP contribution in [0.5, 0.6) is 0 Å². The molecule has 1 aliphatic rings. The number of hydrogen-bond acceptors (Lipinski definition) is 2. The van der Waals surface area contributed by atoms with E-state index in [4.69, 9.17) is 5.73 Å². The number of rotatable bonds is 3. The van der Waals surface area contributed by atoms with Gasteiger partial charge < -0.3 is 5.73 Å². The van der Waals surface area contributed by atoms with Crippen LogP contribution >= 0.6 is 0 Å². The van der Waals surface area contributed by atoms with Gasteiger partial charge in [0.2, 0.25) is 0 Å². The van der Waals surface area contributed by atoms with Gasteiger partial charge in [-0.15, -0.1) is 0 Å². The molecule has 1 fully saturated rings. The summed E-state index contributed by atoms with van der Waals surface area (Å²) >= 11 is 0. The number of nitrogens with two attached hydrogens (primary N) is 1. The molecule has 0 amide bonds. The third kappa shape index (κ3) is 2.14. The lowest BCUT2D eigenvalue weighted by atomic mass is 10.0. The standard InChI is InChI=1S/C15H15FN2/c16-12-6-11(8-18-9-12)15(17)14-7-13(14)10-4-2-1-3-5-10/h1-6,8-9,13-15H,7,17H2. The van der Waals surface area contributed by atoms with Crippen LogP contribution in [0.15, 0.2) is 48.8 Å². The Bertz CT molecular complexity index is 541. The van der Waals surface area contributed by atoms with Crippen LogP contribution in [0.25, 0.3) is 0 Å². The summed E-state index contributed by atoms with van der Waals surface area (Å²) in [7, 11) is 0. The van der Waals surface area contributed by atoms with Crippen LogP contribution in [-0.2, 0) is 0 Å². The molecule has 92 valence electrons. The molecular formula is C15H15FN2. The number of benzene rings is 1. The second-order valence-corrected chi connectivity index (χ2v) is 4.88. The molecule has 0 saturated heterocycles. The zero-order valence-corrected chi connectivity index (χ0v) is 9.96. The van der Waals surface area contributed by atoms with E-state index >= 15 is 0 Å². The highest BCUT2D eigenvalue weighted by atomic mass is 19.1. The van der Waals surface area contributed by atoms with E-state index in [1.165, 1.54) is 17.8 Å². The topological polar surface area (TPSA) is 38.9 Å². The van der Waals surface area contributed by atoms with Gasteiger partial charge in [-0.1, -0.05) is 30.3 Å². The van der Waals surface area contributed by atoms with Gasteiger partial charge in [-0.05, 0) is 35.4 Å². The first-order chi connectivity index (χ1) is 8.75. The number of hydrogen-bond donors (Lipinski definition) is 1. The van der Waals surface area contributed by atoms with E-state index in [0.717, 1.165) is 12.0 Å². The summed E-state index contributed by atoms with van der Waals surface area (Å²) in [6, 6.07) is 11.7. The number of halogens is 1. The molecule has 3 heteroatoms. The average Bonchev–Trinajstić information content (AvgIpc) is 3.19. The normalized spacial score (nSPS) is 23.7. The molecule has 1 saturated carbocycles. The molecule has 18 heavy (non-hydrogen) atoms. The highest BCUT2D eigenvalue weighted by Crippen LogP contribution is 2.53. The van der Waals surface area contributed by atoms with Gasteiger partial charge in [0.25, 0.3) is 0 Å². The minimum absolute atomic E-state index is 0.126. The summed E-state index contributed by atoms with van der Waals surface area (Å²) in [6.45, 7) is 0. The maximum absolute atomic E-state index is 13.1. The van der Waals surface area contributed by atoms with Gasteiger partial charge in [0, 0.05) is 12.2 Å². The first-order valence-corrected chi connectivity index (χ1v) is 6.16. The Kier molecular flexibility index (Phi) is 2.84. The summed E-state index contributed by atoms with van der Waals surface area (Å²) in [4.78, 5) is 3.86. The Morgan fingerprint density at radius 1 is 1.22 bits per heavy atom. The van der Waals surface area contributed by atoms with Crippen LogP contribution in [0.3, 0.4) is 0 Å². The van der Waals surface area contributed by atoms with Crippen molar-refractivity contribution in [3.8, 4) is 0 Å². The van der Waals surface area contributed by atoms with Crippen LogP contribution in [0.2, 0.25) is 0 Å². The quantitative estimate of drug-likeness (QED) is 0.898. The molecule has 0 spiro atoms. The molecule has 2 nitrogen and oxygen atoms in total. The number of pyridine rings is 1. The Morgan fingerprint density at radius 3 is 2.72 bits per heavy atom. The first-order valence-electron chi connectivity index (χ1n) is 6.16. The van der Waals surface area contributed by atoms with E-state index in [2.05, 4.69) is 17.1 Å². The fourth-order valence-corrected chi connectivity index (χ4v) is 2.55. The van der Waals surface area contributed by atoms with E-state index in [1.807, 2.05) is 18.2 Å². The highest BCUT2D eigenvalue weighted by molar-refractivity contribution is 5.29. The Morgan fingerprint density at radius 2 is 2.00 bits per heavy atom. The molecule has 3 atom stereocenters. The Hall–Kier alpha value is -1.74. The minimum Gasteiger partial charge on any atom is -0.324 e. The molecule has 1 aromatic carbocycles. The molecule has 0 aliphatic heterocycles. The van der Waals surface area contributed by atoms with Crippen LogP contribution in [0.4, 0.5) is 4.39 Å². The summed E-state index contributed by atoms with van der Waals surface area (Å²) in [5.74, 6) is 0.584. The van der Waals surface area contributed by atoms with E-state index in [-0.39, 0.29) is 11.9 Å². The van der Waals surface area contributed by atoms with Crippen molar-refractivity contribution in [1.82, 2.24) is 4.98 Å². The van der Waals surface area contributed by atoms with E-state index in [9.17, 15) is 4.39 Å². The summed E-state index contributed by atoms with van der Waals surface area (Å²) in [5.41, 5.74) is 8.30. The largest absolute Gasteiger partial charge is 0.324 e. The second kappa shape index (κ2) is 4.50.